The number of hydrogen-bond acceptors (Lipinski definition) is 9. The number of esters is 2. The summed E-state index contributed by atoms with van der Waals surface area (Å²) in [5.74, 6) is -0.856. The summed E-state index contributed by atoms with van der Waals surface area (Å²) in [6.45, 7) is 7.41. The summed E-state index contributed by atoms with van der Waals surface area (Å²) in [5.41, 5.74) is 3.35. The number of nitrogens with one attached hydrogen (secondary N) is 1. The minimum absolute atomic E-state index is 0.0278. The molecule has 2 rings (SSSR count). The lowest BCUT2D eigenvalue weighted by molar-refractivity contribution is -0.142. The minimum Gasteiger partial charge on any atom is -0.507 e. The van der Waals surface area contributed by atoms with Crippen LogP contribution in [0, 0.1) is 0 Å². The van der Waals surface area contributed by atoms with Crippen LogP contribution in [0.25, 0.3) is 0 Å². The first-order chi connectivity index (χ1) is 13.2. The molecule has 0 aliphatic rings. The first kappa shape index (κ1) is 21.4. The van der Waals surface area contributed by atoms with Gasteiger partial charge in [-0.3, -0.25) is 10.2 Å². The largest absolute Gasteiger partial charge is 0.507 e. The standard InChI is InChI=1S/C19H23N3O5S/c1-5-26-16(24)9-14-11-28-18(21-14)22-20-10-13-8-12(6-7-15(13)23)17(25)27-19(2,3)4/h6-8,10-11,23H,5,9H2,1-4H3,(H,21,22). The van der Waals surface area contributed by atoms with Crippen molar-refractivity contribution in [1.82, 2.24) is 4.98 Å². The molecule has 0 saturated heterocycles. The zero-order valence-electron chi connectivity index (χ0n) is 16.2. The van der Waals surface area contributed by atoms with Gasteiger partial charge in [0.25, 0.3) is 0 Å². The van der Waals surface area contributed by atoms with E-state index in [4.69, 9.17) is 9.47 Å². The lowest BCUT2D eigenvalue weighted by Gasteiger charge is -2.19. The monoisotopic (exact) mass is 405 g/mol. The third-order valence-corrected chi connectivity index (χ3v) is 4.00. The number of anilines is 1. The molecule has 8 nitrogen and oxygen atoms in total. The number of hydrazone groups is 1. The molecular weight excluding hydrogens is 382 g/mol. The van der Waals surface area contributed by atoms with E-state index in [1.165, 1.54) is 35.8 Å². The van der Waals surface area contributed by atoms with Gasteiger partial charge in [-0.1, -0.05) is 0 Å². The Morgan fingerprint density at radius 2 is 2.11 bits per heavy atom. The number of phenols is 1. The van der Waals surface area contributed by atoms with Crippen LogP contribution in [0.2, 0.25) is 0 Å². The third kappa shape index (κ3) is 6.66. The van der Waals surface area contributed by atoms with Gasteiger partial charge in [0.05, 0.1) is 30.5 Å². The van der Waals surface area contributed by atoms with Crippen LogP contribution in [0.3, 0.4) is 0 Å². The number of nitrogens with zero attached hydrogens (tertiary/aromatic N) is 2. The summed E-state index contributed by atoms with van der Waals surface area (Å²) in [6, 6.07) is 4.38. The SMILES string of the molecule is CCOC(=O)Cc1csc(NN=Cc2cc(C(=O)OC(C)(C)C)ccc2O)n1. The second kappa shape index (κ2) is 9.32. The smallest absolute Gasteiger partial charge is 0.338 e. The number of hydrogen-bond donors (Lipinski definition) is 2. The average Bonchev–Trinajstić information content (AvgIpc) is 3.02. The predicted molar refractivity (Wildman–Crippen MR) is 107 cm³/mol. The van der Waals surface area contributed by atoms with Crippen LogP contribution in [0.5, 0.6) is 5.75 Å². The highest BCUT2D eigenvalue weighted by Crippen LogP contribution is 2.20. The quantitative estimate of drug-likeness (QED) is 0.413. The Morgan fingerprint density at radius 1 is 1.36 bits per heavy atom. The van der Waals surface area contributed by atoms with Crippen molar-refractivity contribution in [2.24, 2.45) is 5.10 Å². The molecule has 0 bridgehead atoms. The highest BCUT2D eigenvalue weighted by atomic mass is 32.1. The maximum atomic E-state index is 12.1. The van der Waals surface area contributed by atoms with E-state index in [9.17, 15) is 14.7 Å². The normalized spacial score (nSPS) is 11.4. The molecule has 1 aromatic carbocycles. The molecule has 0 aliphatic heterocycles. The second-order valence-corrected chi connectivity index (χ2v) is 7.63. The van der Waals surface area contributed by atoms with E-state index in [0.29, 0.717) is 28.6 Å². The Labute approximate surface area is 167 Å². The molecule has 0 aliphatic carbocycles. The molecule has 0 spiro atoms. The zero-order valence-corrected chi connectivity index (χ0v) is 17.0. The van der Waals surface area contributed by atoms with Crippen LogP contribution in [0.4, 0.5) is 5.13 Å². The van der Waals surface area contributed by atoms with Crippen molar-refractivity contribution in [1.29, 1.82) is 0 Å². The highest BCUT2D eigenvalue weighted by Gasteiger charge is 2.18. The molecule has 0 radical (unpaired) electrons. The van der Waals surface area contributed by atoms with Gasteiger partial charge in [-0.05, 0) is 45.9 Å². The lowest BCUT2D eigenvalue weighted by atomic mass is 10.1. The van der Waals surface area contributed by atoms with Crippen LogP contribution >= 0.6 is 11.3 Å². The van der Waals surface area contributed by atoms with Crippen LogP contribution < -0.4 is 5.43 Å². The molecule has 0 amide bonds. The van der Waals surface area contributed by atoms with E-state index in [-0.39, 0.29) is 18.1 Å². The number of ether oxygens (including phenoxy) is 2. The number of rotatable bonds is 7. The topological polar surface area (TPSA) is 110 Å². The minimum atomic E-state index is -0.614. The number of carbonyl (C=O) groups is 2. The molecular formula is C19H23N3O5S. The summed E-state index contributed by atoms with van der Waals surface area (Å²) < 4.78 is 10.2. The maximum absolute atomic E-state index is 12.1. The third-order valence-electron chi connectivity index (χ3n) is 3.21. The Hall–Kier alpha value is -2.94. The molecule has 28 heavy (non-hydrogen) atoms. The summed E-state index contributed by atoms with van der Waals surface area (Å²) in [6.07, 6.45) is 1.46. The summed E-state index contributed by atoms with van der Waals surface area (Å²) in [5, 5.41) is 16.2. The maximum Gasteiger partial charge on any atom is 0.338 e. The first-order valence-corrected chi connectivity index (χ1v) is 9.51. The Morgan fingerprint density at radius 3 is 2.79 bits per heavy atom. The number of carbonyl (C=O) groups excluding carboxylic acids is 2. The van der Waals surface area contributed by atoms with Crippen molar-refractivity contribution in [3.63, 3.8) is 0 Å². The molecule has 9 heteroatoms. The van der Waals surface area contributed by atoms with Gasteiger partial charge in [0, 0.05) is 10.9 Å². The number of benzene rings is 1. The van der Waals surface area contributed by atoms with Gasteiger partial charge in [-0.25, -0.2) is 9.78 Å². The van der Waals surface area contributed by atoms with Crippen molar-refractivity contribution in [3.8, 4) is 5.75 Å². The van der Waals surface area contributed by atoms with E-state index in [1.807, 2.05) is 0 Å². The molecule has 150 valence electrons. The number of aromatic hydroxyl groups is 1. The lowest BCUT2D eigenvalue weighted by Crippen LogP contribution is -2.23. The molecule has 2 N–H and O–H groups in total. The molecule has 0 atom stereocenters. The first-order valence-electron chi connectivity index (χ1n) is 8.63. The van der Waals surface area contributed by atoms with Crippen LogP contribution in [-0.4, -0.2) is 40.5 Å². The number of thiazole rings is 1. The fraction of sp³-hybridized carbons (Fsp3) is 0.368. The summed E-state index contributed by atoms with van der Waals surface area (Å²) in [4.78, 5) is 27.8. The van der Waals surface area contributed by atoms with Gasteiger partial charge >= 0.3 is 11.9 Å². The Bertz CT molecular complexity index is 871. The van der Waals surface area contributed by atoms with Crippen molar-refractivity contribution in [3.05, 3.63) is 40.4 Å². The van der Waals surface area contributed by atoms with Crippen LogP contribution in [-0.2, 0) is 20.7 Å². The van der Waals surface area contributed by atoms with E-state index in [0.717, 1.165) is 0 Å². The van der Waals surface area contributed by atoms with Gasteiger partial charge in [0.15, 0.2) is 0 Å². The highest BCUT2D eigenvalue weighted by molar-refractivity contribution is 7.13. The van der Waals surface area contributed by atoms with Gasteiger partial charge in [-0.15, -0.1) is 11.3 Å². The number of aromatic nitrogens is 1. The fourth-order valence-electron chi connectivity index (χ4n) is 2.08. The summed E-state index contributed by atoms with van der Waals surface area (Å²) in [7, 11) is 0. The molecule has 1 heterocycles. The van der Waals surface area contributed by atoms with Crippen LogP contribution in [0.1, 0.15) is 49.3 Å². The molecule has 0 fully saturated rings. The molecule has 2 aromatic rings. The fourth-order valence-corrected chi connectivity index (χ4v) is 2.74. The molecule has 0 saturated carbocycles. The van der Waals surface area contributed by atoms with Crippen molar-refractivity contribution >= 4 is 34.6 Å². The van der Waals surface area contributed by atoms with Gasteiger partial charge in [0.2, 0.25) is 5.13 Å². The zero-order chi connectivity index (χ0) is 20.7. The predicted octanol–water partition coefficient (Wildman–Crippen LogP) is 3.36. The van der Waals surface area contributed by atoms with Crippen molar-refractivity contribution in [2.75, 3.05) is 12.0 Å². The van der Waals surface area contributed by atoms with Crippen molar-refractivity contribution in [2.45, 2.75) is 39.7 Å². The molecule has 0 unspecified atom stereocenters. The van der Waals surface area contributed by atoms with Crippen molar-refractivity contribution < 1.29 is 24.2 Å². The number of phenolic OH excluding ortho intramolecular Hbond substituents is 1. The molecule has 1 aromatic heterocycles. The van der Waals surface area contributed by atoms with E-state index < -0.39 is 11.6 Å². The second-order valence-electron chi connectivity index (χ2n) is 6.77. The van der Waals surface area contributed by atoms with Gasteiger partial charge in [-0.2, -0.15) is 5.10 Å². The van der Waals surface area contributed by atoms with E-state index in [2.05, 4.69) is 15.5 Å². The van der Waals surface area contributed by atoms with Gasteiger partial charge < -0.3 is 14.6 Å². The van der Waals surface area contributed by atoms with Crippen LogP contribution in [0.15, 0.2) is 28.7 Å². The van der Waals surface area contributed by atoms with E-state index >= 15 is 0 Å². The van der Waals surface area contributed by atoms with E-state index in [1.54, 1.807) is 33.1 Å². The van der Waals surface area contributed by atoms with Gasteiger partial charge in [0.1, 0.15) is 11.4 Å². The average molecular weight is 405 g/mol. The summed E-state index contributed by atoms with van der Waals surface area (Å²) >= 11 is 1.28. The Kier molecular flexibility index (Phi) is 7.11. The Balaban J connectivity index is 2.02.